The fourth-order valence-corrected chi connectivity index (χ4v) is 9.85. The van der Waals surface area contributed by atoms with Crippen molar-refractivity contribution in [2.75, 3.05) is 31.6 Å². The van der Waals surface area contributed by atoms with Crippen molar-refractivity contribution in [1.82, 2.24) is 24.3 Å². The normalized spacial score (nSPS) is 24.3. The number of imidazole rings is 1. The summed E-state index contributed by atoms with van der Waals surface area (Å²) >= 11 is 1.24. The number of nitrogens with zero attached hydrogens (tertiary/aromatic N) is 5. The number of benzene rings is 2. The minimum absolute atomic E-state index is 0.0174. The monoisotopic (exact) mass is 700 g/mol. The van der Waals surface area contributed by atoms with E-state index in [1.165, 1.54) is 22.3 Å². The molecule has 1 saturated heterocycles. The maximum Gasteiger partial charge on any atom is 0.258 e. The summed E-state index contributed by atoms with van der Waals surface area (Å²) in [5, 5.41) is 14.3. The molecule has 0 radical (unpaired) electrons. The van der Waals surface area contributed by atoms with Crippen molar-refractivity contribution < 1.29 is 23.5 Å². The predicted octanol–water partition coefficient (Wildman–Crippen LogP) is 6.33. The molecule has 5 heterocycles. The van der Waals surface area contributed by atoms with Crippen LogP contribution < -0.4 is 5.32 Å². The van der Waals surface area contributed by atoms with E-state index in [9.17, 15) is 14.7 Å². The summed E-state index contributed by atoms with van der Waals surface area (Å²) in [7, 11) is 0. The quantitative estimate of drug-likeness (QED) is 0.212. The number of nitrogens with one attached hydrogen (secondary N) is 1. The van der Waals surface area contributed by atoms with Crippen LogP contribution in [-0.2, 0) is 29.7 Å². The number of rotatable bonds is 9. The molecule has 1 aliphatic carbocycles. The molecule has 9 nitrogen and oxygen atoms in total. The van der Waals surface area contributed by atoms with Crippen molar-refractivity contribution in [3.63, 3.8) is 0 Å². The molecule has 50 heavy (non-hydrogen) atoms. The lowest BCUT2D eigenvalue weighted by atomic mass is 9.52. The lowest BCUT2D eigenvalue weighted by Gasteiger charge is -2.55. The summed E-state index contributed by atoms with van der Waals surface area (Å²) in [5.74, 6) is -2.32. The van der Waals surface area contributed by atoms with E-state index in [0.29, 0.717) is 28.7 Å². The van der Waals surface area contributed by atoms with Gasteiger partial charge in [0.05, 0.1) is 24.1 Å². The number of hydrogen-bond donors (Lipinski definition) is 2. The molecule has 8 rings (SSSR count). The molecule has 2 aromatic carbocycles. The number of aromatic nitrogens is 3. The number of carbonyl (C=O) groups excluding carboxylic acids is 2. The van der Waals surface area contributed by atoms with Gasteiger partial charge in [-0.15, -0.1) is 11.3 Å². The van der Waals surface area contributed by atoms with Crippen molar-refractivity contribution in [3.05, 3.63) is 87.9 Å². The third-order valence-electron chi connectivity index (χ3n) is 11.5. The van der Waals surface area contributed by atoms with Crippen molar-refractivity contribution in [2.45, 2.75) is 76.9 Å². The molecule has 2 aromatic heterocycles. The number of anilines is 1. The van der Waals surface area contributed by atoms with Crippen LogP contribution in [0.15, 0.2) is 48.2 Å². The maximum absolute atomic E-state index is 16.4. The van der Waals surface area contributed by atoms with Gasteiger partial charge in [0.1, 0.15) is 11.6 Å². The van der Waals surface area contributed by atoms with E-state index >= 15 is 8.78 Å². The van der Waals surface area contributed by atoms with Crippen LogP contribution in [0, 0.1) is 23.0 Å². The molecule has 4 aromatic rings. The van der Waals surface area contributed by atoms with Crippen molar-refractivity contribution in [2.24, 2.45) is 11.3 Å². The summed E-state index contributed by atoms with van der Waals surface area (Å²) < 4.78 is 34.2. The molecule has 2 fully saturated rings. The molecule has 1 saturated carbocycles. The zero-order valence-corrected chi connectivity index (χ0v) is 29.2. The maximum atomic E-state index is 16.4. The van der Waals surface area contributed by atoms with Gasteiger partial charge in [0, 0.05) is 48.1 Å². The van der Waals surface area contributed by atoms with Crippen molar-refractivity contribution in [3.8, 4) is 11.1 Å². The Hall–Kier alpha value is -4.00. The molecular formula is C38H42F2N6O3S. The number of carbonyl (C=O) groups is 2. The Morgan fingerprint density at radius 1 is 1.12 bits per heavy atom. The predicted molar refractivity (Wildman–Crippen MR) is 187 cm³/mol. The highest BCUT2D eigenvalue weighted by molar-refractivity contribution is 7.13. The van der Waals surface area contributed by atoms with Crippen LogP contribution in [0.2, 0.25) is 0 Å². The summed E-state index contributed by atoms with van der Waals surface area (Å²) in [6, 6.07) is 7.61. The topological polar surface area (TPSA) is 104 Å². The number of likely N-dealkylation sites (tertiary alicyclic amines) is 1. The lowest BCUT2D eigenvalue weighted by Crippen LogP contribution is -2.53. The molecule has 1 unspecified atom stereocenters. The Balaban J connectivity index is 1.02. The Labute approximate surface area is 294 Å². The number of aryl methyl sites for hydroxylation is 1. The summed E-state index contributed by atoms with van der Waals surface area (Å²) in [6.07, 6.45) is 8.95. The molecule has 0 spiro atoms. The Morgan fingerprint density at radius 2 is 1.88 bits per heavy atom. The number of amides is 2. The van der Waals surface area contributed by atoms with Crippen molar-refractivity contribution in [1.29, 1.82) is 0 Å². The highest BCUT2D eigenvalue weighted by Gasteiger charge is 2.50. The number of hydrogen-bond acceptors (Lipinski definition) is 7. The lowest BCUT2D eigenvalue weighted by molar-refractivity contribution is -0.121. The van der Waals surface area contributed by atoms with Crippen LogP contribution in [0.25, 0.3) is 11.1 Å². The number of halogens is 2. The first-order valence-corrected chi connectivity index (χ1v) is 18.4. The number of aliphatic hydroxyl groups is 1. The van der Waals surface area contributed by atoms with Gasteiger partial charge in [-0.25, -0.2) is 18.7 Å². The highest BCUT2D eigenvalue weighted by Crippen LogP contribution is 2.56. The summed E-state index contributed by atoms with van der Waals surface area (Å²) in [6.45, 7) is 8.49. The Kier molecular flexibility index (Phi) is 8.39. The van der Waals surface area contributed by atoms with E-state index in [1.54, 1.807) is 17.9 Å². The average Bonchev–Trinajstić information content (AvgIpc) is 3.90. The van der Waals surface area contributed by atoms with Crippen LogP contribution in [0.4, 0.5) is 13.9 Å². The number of aliphatic hydroxyl groups excluding tert-OH is 1. The minimum Gasteiger partial charge on any atom is -0.396 e. The third kappa shape index (κ3) is 5.75. The van der Waals surface area contributed by atoms with E-state index in [1.807, 2.05) is 28.8 Å². The van der Waals surface area contributed by atoms with E-state index in [2.05, 4.69) is 34.0 Å². The smallest absolute Gasteiger partial charge is 0.258 e. The van der Waals surface area contributed by atoms with Crippen LogP contribution in [0.1, 0.15) is 84.9 Å². The van der Waals surface area contributed by atoms with Crippen LogP contribution in [0.5, 0.6) is 0 Å². The van der Waals surface area contributed by atoms with Gasteiger partial charge in [0.2, 0.25) is 0 Å². The Morgan fingerprint density at radius 3 is 2.58 bits per heavy atom. The SMILES string of the molecule is CC1(CN2CCC(CO)CC2)CC(C)(c2ccc(-c3cc(F)c4c(c3F)C(=O)N(C(C(=O)Nc3nccs3)c3ncn5c3CCC5)C4)cc2)C1. The van der Waals surface area contributed by atoms with Gasteiger partial charge < -0.3 is 19.5 Å². The molecule has 12 heteroatoms. The van der Waals surface area contributed by atoms with E-state index in [0.717, 1.165) is 69.5 Å². The average molecular weight is 701 g/mol. The van der Waals surface area contributed by atoms with Crippen LogP contribution in [0.3, 0.4) is 0 Å². The molecule has 2 amide bonds. The van der Waals surface area contributed by atoms with Gasteiger partial charge >= 0.3 is 0 Å². The van der Waals surface area contributed by atoms with Gasteiger partial charge in [-0.3, -0.25) is 14.9 Å². The largest absolute Gasteiger partial charge is 0.396 e. The van der Waals surface area contributed by atoms with Crippen LogP contribution >= 0.6 is 11.3 Å². The first kappa shape index (κ1) is 33.2. The fourth-order valence-electron chi connectivity index (χ4n) is 9.32. The molecule has 3 aliphatic heterocycles. The van der Waals surface area contributed by atoms with Crippen molar-refractivity contribution >= 4 is 28.3 Å². The molecular weight excluding hydrogens is 659 g/mol. The second-order valence-electron chi connectivity index (χ2n) is 15.3. The second-order valence-corrected chi connectivity index (χ2v) is 16.2. The molecule has 262 valence electrons. The fraction of sp³-hybridized carbons (Fsp3) is 0.474. The van der Waals surface area contributed by atoms with Gasteiger partial charge in [0.15, 0.2) is 11.2 Å². The molecule has 1 atom stereocenters. The van der Waals surface area contributed by atoms with Gasteiger partial charge in [-0.2, -0.15) is 0 Å². The number of fused-ring (bicyclic) bond motifs is 2. The van der Waals surface area contributed by atoms with Gasteiger partial charge in [0.25, 0.3) is 11.8 Å². The third-order valence-corrected chi connectivity index (χ3v) is 12.2. The highest BCUT2D eigenvalue weighted by atomic mass is 32.1. The summed E-state index contributed by atoms with van der Waals surface area (Å²) in [4.78, 5) is 40.2. The zero-order chi connectivity index (χ0) is 34.8. The second kappa shape index (κ2) is 12.6. The van der Waals surface area contributed by atoms with E-state index in [4.69, 9.17) is 0 Å². The molecule has 4 aliphatic rings. The molecule has 2 N–H and O–H groups in total. The van der Waals surface area contributed by atoms with E-state index in [-0.39, 0.29) is 40.7 Å². The minimum atomic E-state index is -1.18. The zero-order valence-electron chi connectivity index (χ0n) is 28.4. The summed E-state index contributed by atoms with van der Waals surface area (Å²) in [5.41, 5.74) is 2.71. The first-order chi connectivity index (χ1) is 24.1. The van der Waals surface area contributed by atoms with E-state index < -0.39 is 29.5 Å². The number of piperidine rings is 1. The standard InChI is InChI=1S/C38H42F2N6O3S/c1-37(21-44-13-9-23(18-47)10-14-44)19-38(2,20-37)25-7-5-24(6-8-25)26-16-28(39)27-17-46(35(49)30(27)31(26)40)33(34(48)43-36-41-11-15-50-36)32-29-4-3-12-45(29)22-42-32/h5-8,11,15-16,22-23,33,47H,3-4,9-10,12-14,17-21H2,1-2H3,(H,41,43,48). The van der Waals surface area contributed by atoms with Crippen LogP contribution in [-0.4, -0.2) is 67.5 Å². The molecule has 0 bridgehead atoms. The van der Waals surface area contributed by atoms with Gasteiger partial charge in [-0.1, -0.05) is 38.1 Å². The van der Waals surface area contributed by atoms with Gasteiger partial charge in [-0.05, 0) is 85.6 Å². The first-order valence-electron chi connectivity index (χ1n) is 17.6. The number of thiazole rings is 1. The Bertz CT molecular complexity index is 1930.